The zero-order valence-electron chi connectivity index (χ0n) is 20.3. The predicted molar refractivity (Wildman–Crippen MR) is 127 cm³/mol. The molecule has 0 bridgehead atoms. The second-order valence-electron chi connectivity index (χ2n) is 9.10. The summed E-state index contributed by atoms with van der Waals surface area (Å²) in [7, 11) is 0. The van der Waals surface area contributed by atoms with Gasteiger partial charge in [0.05, 0.1) is 6.10 Å². The molecule has 11 heteroatoms. The van der Waals surface area contributed by atoms with Crippen molar-refractivity contribution in [3.8, 4) is 5.75 Å². The number of rotatable bonds is 11. The highest BCUT2D eigenvalue weighted by atomic mass is 16.4. The van der Waals surface area contributed by atoms with E-state index in [1.165, 1.54) is 24.0 Å². The number of aliphatic hydroxyl groups excluding tert-OH is 1. The van der Waals surface area contributed by atoms with Crippen molar-refractivity contribution >= 4 is 23.7 Å². The lowest BCUT2D eigenvalue weighted by Gasteiger charge is -2.30. The smallest absolute Gasteiger partial charge is 0.326 e. The number of amides is 3. The number of aliphatic hydroxyl groups is 1. The molecule has 0 spiro atoms. The van der Waals surface area contributed by atoms with Crippen molar-refractivity contribution in [2.24, 2.45) is 11.7 Å². The molecule has 0 aliphatic carbocycles. The van der Waals surface area contributed by atoms with E-state index < -0.39 is 54.0 Å². The lowest BCUT2D eigenvalue weighted by Crippen LogP contribution is -2.60. The van der Waals surface area contributed by atoms with Crippen LogP contribution in [0.25, 0.3) is 0 Å². The van der Waals surface area contributed by atoms with Gasteiger partial charge < -0.3 is 36.6 Å². The van der Waals surface area contributed by atoms with E-state index in [1.807, 2.05) is 6.92 Å². The van der Waals surface area contributed by atoms with Crippen LogP contribution in [0.2, 0.25) is 0 Å². The number of aromatic hydroxyl groups is 1. The van der Waals surface area contributed by atoms with Crippen LogP contribution in [0.15, 0.2) is 24.3 Å². The minimum Gasteiger partial charge on any atom is -0.508 e. The van der Waals surface area contributed by atoms with E-state index >= 15 is 0 Å². The Balaban J connectivity index is 2.30. The average molecular weight is 493 g/mol. The Morgan fingerprint density at radius 2 is 1.74 bits per heavy atom. The van der Waals surface area contributed by atoms with E-state index in [9.17, 15) is 34.5 Å². The molecule has 1 saturated heterocycles. The highest BCUT2D eigenvalue weighted by Gasteiger charge is 2.39. The molecule has 1 aromatic rings. The molecule has 6 atom stereocenters. The van der Waals surface area contributed by atoms with Crippen LogP contribution in [0.3, 0.4) is 0 Å². The number of carboxylic acids is 1. The van der Waals surface area contributed by atoms with Crippen molar-refractivity contribution in [3.05, 3.63) is 29.8 Å². The number of likely N-dealkylation sites (tertiary alicyclic amines) is 1. The largest absolute Gasteiger partial charge is 0.508 e. The van der Waals surface area contributed by atoms with Gasteiger partial charge in [-0.1, -0.05) is 32.4 Å². The molecule has 3 amide bonds. The summed E-state index contributed by atoms with van der Waals surface area (Å²) in [4.78, 5) is 52.1. The number of hydrogen-bond donors (Lipinski definition) is 6. The third-order valence-corrected chi connectivity index (χ3v) is 6.43. The second kappa shape index (κ2) is 12.5. The average Bonchev–Trinajstić information content (AvgIpc) is 3.32. The van der Waals surface area contributed by atoms with Crippen LogP contribution in [-0.4, -0.2) is 80.7 Å². The van der Waals surface area contributed by atoms with Gasteiger partial charge in [-0.2, -0.15) is 0 Å². The van der Waals surface area contributed by atoms with Gasteiger partial charge >= 0.3 is 5.97 Å². The van der Waals surface area contributed by atoms with Crippen molar-refractivity contribution in [2.45, 2.75) is 76.7 Å². The first-order valence-corrected chi connectivity index (χ1v) is 11.8. The summed E-state index contributed by atoms with van der Waals surface area (Å²) in [5.41, 5.74) is 6.36. The van der Waals surface area contributed by atoms with Crippen LogP contribution in [0.5, 0.6) is 5.75 Å². The van der Waals surface area contributed by atoms with Crippen molar-refractivity contribution in [1.29, 1.82) is 0 Å². The van der Waals surface area contributed by atoms with E-state index in [2.05, 4.69) is 10.6 Å². The molecule has 6 unspecified atom stereocenters. The van der Waals surface area contributed by atoms with Gasteiger partial charge in [-0.15, -0.1) is 0 Å². The summed E-state index contributed by atoms with van der Waals surface area (Å²) in [5.74, 6) is -3.24. The van der Waals surface area contributed by atoms with E-state index in [-0.39, 0.29) is 24.6 Å². The minimum atomic E-state index is -1.23. The number of hydrogen-bond acceptors (Lipinski definition) is 7. The van der Waals surface area contributed by atoms with Crippen LogP contribution in [-0.2, 0) is 25.6 Å². The first kappa shape index (κ1) is 28.1. The number of aliphatic carboxylic acids is 1. The fraction of sp³-hybridized carbons (Fsp3) is 0.583. The molecule has 1 fully saturated rings. The minimum absolute atomic E-state index is 0.0418. The van der Waals surface area contributed by atoms with Gasteiger partial charge in [0.2, 0.25) is 17.7 Å². The molecule has 1 heterocycles. The van der Waals surface area contributed by atoms with Gasteiger partial charge in [-0.25, -0.2) is 4.79 Å². The number of carbonyl (C=O) groups excluding carboxylic acids is 3. The summed E-state index contributed by atoms with van der Waals surface area (Å²) < 4.78 is 0. The maximum absolute atomic E-state index is 13.4. The Labute approximate surface area is 204 Å². The number of nitrogens with one attached hydrogen (secondary N) is 2. The molecule has 1 aliphatic heterocycles. The Morgan fingerprint density at radius 1 is 1.11 bits per heavy atom. The first-order valence-electron chi connectivity index (χ1n) is 11.8. The number of carboxylic acid groups (broad SMARTS) is 1. The van der Waals surface area contributed by atoms with Crippen LogP contribution in [0.1, 0.15) is 45.6 Å². The Bertz CT molecular complexity index is 906. The first-order chi connectivity index (χ1) is 16.5. The van der Waals surface area contributed by atoms with E-state index in [1.54, 1.807) is 19.1 Å². The molecule has 7 N–H and O–H groups in total. The Hall–Kier alpha value is -3.18. The van der Waals surface area contributed by atoms with Gasteiger partial charge in [-0.05, 0) is 43.4 Å². The molecule has 35 heavy (non-hydrogen) atoms. The van der Waals surface area contributed by atoms with E-state index in [4.69, 9.17) is 5.73 Å². The molecule has 0 aromatic heterocycles. The highest BCUT2D eigenvalue weighted by Crippen LogP contribution is 2.21. The second-order valence-corrected chi connectivity index (χ2v) is 9.10. The monoisotopic (exact) mass is 492 g/mol. The van der Waals surface area contributed by atoms with Crippen molar-refractivity contribution in [1.82, 2.24) is 15.5 Å². The quantitative estimate of drug-likeness (QED) is 0.244. The van der Waals surface area contributed by atoms with Gasteiger partial charge in [0.15, 0.2) is 0 Å². The Morgan fingerprint density at radius 3 is 2.29 bits per heavy atom. The fourth-order valence-electron chi connectivity index (χ4n) is 3.99. The third kappa shape index (κ3) is 7.40. The number of phenols is 1. The number of nitrogens with two attached hydrogens (primary N) is 1. The van der Waals surface area contributed by atoms with Gasteiger partial charge in [0, 0.05) is 13.0 Å². The molecular weight excluding hydrogens is 456 g/mol. The summed E-state index contributed by atoms with van der Waals surface area (Å²) in [6.07, 6.45) is 0.325. The standard InChI is InChI=1S/C24H36N4O7/c1-4-13(2)20(27-21(31)19(25)14(3)29)22(32)26-17(12-15-7-9-16(30)10-8-15)23(33)28-11-5-6-18(28)24(34)35/h7-10,13-14,17-20,29-30H,4-6,11-12,25H2,1-3H3,(H,26,32)(H,27,31)(H,34,35). The van der Waals surface area contributed by atoms with Gasteiger partial charge in [0.1, 0.15) is 29.9 Å². The lowest BCUT2D eigenvalue weighted by atomic mass is 9.96. The summed E-state index contributed by atoms with van der Waals surface area (Å²) in [6.45, 7) is 5.22. The predicted octanol–water partition coefficient (Wildman–Crippen LogP) is -0.266. The van der Waals surface area contributed by atoms with Crippen molar-refractivity contribution in [3.63, 3.8) is 0 Å². The van der Waals surface area contributed by atoms with E-state index in [0.717, 1.165) is 0 Å². The van der Waals surface area contributed by atoms with E-state index in [0.29, 0.717) is 24.8 Å². The van der Waals surface area contributed by atoms with Crippen molar-refractivity contribution < 1.29 is 34.5 Å². The molecule has 0 saturated carbocycles. The normalized spacial score (nSPS) is 19.8. The SMILES string of the molecule is CCC(C)C(NC(=O)C(N)C(C)O)C(=O)NC(Cc1ccc(O)cc1)C(=O)N1CCCC1C(=O)O. The fourth-order valence-corrected chi connectivity index (χ4v) is 3.99. The maximum atomic E-state index is 13.4. The number of phenolic OH excluding ortho intramolecular Hbond substituents is 1. The maximum Gasteiger partial charge on any atom is 0.326 e. The highest BCUT2D eigenvalue weighted by molar-refractivity contribution is 5.94. The van der Waals surface area contributed by atoms with Crippen LogP contribution in [0.4, 0.5) is 0 Å². The zero-order valence-corrected chi connectivity index (χ0v) is 20.3. The molecule has 2 rings (SSSR count). The molecule has 1 aliphatic rings. The lowest BCUT2D eigenvalue weighted by molar-refractivity contribution is -0.149. The molecule has 11 nitrogen and oxygen atoms in total. The van der Waals surface area contributed by atoms with Crippen LogP contribution < -0.4 is 16.4 Å². The molecular formula is C24H36N4O7. The van der Waals surface area contributed by atoms with Gasteiger partial charge in [0.25, 0.3) is 0 Å². The topological polar surface area (TPSA) is 182 Å². The zero-order chi connectivity index (χ0) is 26.3. The number of benzene rings is 1. The summed E-state index contributed by atoms with van der Waals surface area (Å²) in [6, 6.07) is 1.79. The third-order valence-electron chi connectivity index (χ3n) is 6.43. The van der Waals surface area contributed by atoms with Crippen molar-refractivity contribution in [2.75, 3.05) is 6.54 Å². The summed E-state index contributed by atoms with van der Waals surface area (Å²) in [5, 5.41) is 34.0. The van der Waals surface area contributed by atoms with Gasteiger partial charge in [-0.3, -0.25) is 14.4 Å². The molecule has 1 aromatic carbocycles. The Kier molecular flexibility index (Phi) is 10.0. The van der Waals surface area contributed by atoms with Crippen LogP contribution in [0, 0.1) is 5.92 Å². The number of carbonyl (C=O) groups is 4. The summed E-state index contributed by atoms with van der Waals surface area (Å²) >= 11 is 0. The molecule has 0 radical (unpaired) electrons. The van der Waals surface area contributed by atoms with Crippen LogP contribution >= 0.6 is 0 Å². The molecule has 194 valence electrons. The number of nitrogens with zero attached hydrogens (tertiary/aromatic N) is 1.